The second kappa shape index (κ2) is 6.26. The summed E-state index contributed by atoms with van der Waals surface area (Å²) in [5.74, 6) is 6.51. The summed E-state index contributed by atoms with van der Waals surface area (Å²) in [6, 6.07) is 7.99. The average molecular weight is 258 g/mol. The van der Waals surface area contributed by atoms with Crippen LogP contribution in [0.2, 0.25) is 0 Å². The van der Waals surface area contributed by atoms with Crippen molar-refractivity contribution in [3.8, 4) is 5.75 Å². The van der Waals surface area contributed by atoms with E-state index in [-0.39, 0.29) is 6.04 Å². The number of hydrazine groups is 1. The number of nitrogens with zero attached hydrogens (tertiary/aromatic N) is 2. The first-order valence-corrected chi connectivity index (χ1v) is 6.11. The van der Waals surface area contributed by atoms with Crippen LogP contribution in [0.3, 0.4) is 0 Å². The summed E-state index contributed by atoms with van der Waals surface area (Å²) in [5, 5.41) is 7.65. The van der Waals surface area contributed by atoms with Crippen molar-refractivity contribution < 1.29 is 4.74 Å². The number of hydrogen-bond donors (Lipinski definition) is 2. The summed E-state index contributed by atoms with van der Waals surface area (Å²) in [6.07, 6.45) is 4.10. The van der Waals surface area contributed by atoms with Gasteiger partial charge in [-0.05, 0) is 36.6 Å². The quantitative estimate of drug-likeness (QED) is 0.628. The van der Waals surface area contributed by atoms with Crippen molar-refractivity contribution in [1.29, 1.82) is 0 Å². The number of hydrogen-bond acceptors (Lipinski definition) is 5. The van der Waals surface area contributed by atoms with Crippen LogP contribution in [-0.2, 0) is 6.42 Å². The van der Waals surface area contributed by atoms with E-state index in [9.17, 15) is 0 Å². The molecule has 0 saturated carbocycles. The lowest BCUT2D eigenvalue weighted by atomic mass is 9.99. The first kappa shape index (κ1) is 13.5. The van der Waals surface area contributed by atoms with Gasteiger partial charge in [-0.2, -0.15) is 10.2 Å². The van der Waals surface area contributed by atoms with E-state index in [0.29, 0.717) is 0 Å². The third-order valence-electron chi connectivity index (χ3n) is 3.07. The number of benzene rings is 1. The minimum Gasteiger partial charge on any atom is -0.496 e. The predicted molar refractivity (Wildman–Crippen MR) is 73.5 cm³/mol. The van der Waals surface area contributed by atoms with Gasteiger partial charge in [0.15, 0.2) is 0 Å². The maximum Gasteiger partial charge on any atom is 0.122 e. The number of rotatable bonds is 5. The third kappa shape index (κ3) is 3.27. The second-order valence-corrected chi connectivity index (χ2v) is 4.41. The molecule has 1 aromatic heterocycles. The average Bonchev–Trinajstić information content (AvgIpc) is 2.46. The van der Waals surface area contributed by atoms with Crippen LogP contribution in [0.5, 0.6) is 5.75 Å². The normalized spacial score (nSPS) is 12.2. The van der Waals surface area contributed by atoms with Crippen LogP contribution in [0.4, 0.5) is 0 Å². The highest BCUT2D eigenvalue weighted by atomic mass is 16.5. The minimum atomic E-state index is -0.0220. The van der Waals surface area contributed by atoms with E-state index < -0.39 is 0 Å². The Morgan fingerprint density at radius 2 is 2.16 bits per heavy atom. The maximum atomic E-state index is 5.64. The van der Waals surface area contributed by atoms with E-state index in [2.05, 4.69) is 28.6 Å². The molecule has 5 heteroatoms. The van der Waals surface area contributed by atoms with E-state index >= 15 is 0 Å². The molecule has 0 radical (unpaired) electrons. The monoisotopic (exact) mass is 258 g/mol. The lowest BCUT2D eigenvalue weighted by Gasteiger charge is -2.18. The van der Waals surface area contributed by atoms with Crippen molar-refractivity contribution in [2.24, 2.45) is 5.84 Å². The van der Waals surface area contributed by atoms with Gasteiger partial charge in [-0.15, -0.1) is 0 Å². The molecule has 0 bridgehead atoms. The predicted octanol–water partition coefficient (Wildman–Crippen LogP) is 1.54. The van der Waals surface area contributed by atoms with Crippen molar-refractivity contribution in [3.63, 3.8) is 0 Å². The second-order valence-electron chi connectivity index (χ2n) is 4.41. The Kier molecular flexibility index (Phi) is 4.43. The lowest BCUT2D eigenvalue weighted by molar-refractivity contribution is 0.405. The van der Waals surface area contributed by atoms with Crippen LogP contribution in [0, 0.1) is 6.92 Å². The fourth-order valence-corrected chi connectivity index (χ4v) is 2.07. The number of ether oxygens (including phenoxy) is 1. The molecule has 0 spiro atoms. The summed E-state index contributed by atoms with van der Waals surface area (Å²) >= 11 is 0. The van der Waals surface area contributed by atoms with Crippen molar-refractivity contribution in [3.05, 3.63) is 53.3 Å². The minimum absolute atomic E-state index is 0.0220. The van der Waals surface area contributed by atoms with Gasteiger partial charge in [-0.1, -0.05) is 17.7 Å². The Morgan fingerprint density at radius 3 is 2.79 bits per heavy atom. The summed E-state index contributed by atoms with van der Waals surface area (Å²) in [4.78, 5) is 0. The highest BCUT2D eigenvalue weighted by Gasteiger charge is 2.14. The number of nitrogens with two attached hydrogens (primary N) is 1. The molecule has 0 aliphatic carbocycles. The van der Waals surface area contributed by atoms with Crippen LogP contribution in [-0.4, -0.2) is 17.3 Å². The van der Waals surface area contributed by atoms with Gasteiger partial charge < -0.3 is 4.74 Å². The lowest BCUT2D eigenvalue weighted by Crippen LogP contribution is -2.29. The Labute approximate surface area is 112 Å². The number of aromatic nitrogens is 2. The molecule has 5 nitrogen and oxygen atoms in total. The molecule has 100 valence electrons. The van der Waals surface area contributed by atoms with Gasteiger partial charge in [0.25, 0.3) is 0 Å². The smallest absolute Gasteiger partial charge is 0.122 e. The largest absolute Gasteiger partial charge is 0.496 e. The fourth-order valence-electron chi connectivity index (χ4n) is 2.07. The van der Waals surface area contributed by atoms with Crippen LogP contribution in [0.15, 0.2) is 36.7 Å². The first-order valence-electron chi connectivity index (χ1n) is 6.11. The van der Waals surface area contributed by atoms with Gasteiger partial charge >= 0.3 is 0 Å². The van der Waals surface area contributed by atoms with Gasteiger partial charge in [-0.25, -0.2) is 0 Å². The Balaban J connectivity index is 2.26. The number of nitrogens with one attached hydrogen (secondary N) is 1. The van der Waals surface area contributed by atoms with E-state index in [1.54, 1.807) is 19.5 Å². The zero-order chi connectivity index (χ0) is 13.7. The highest BCUT2D eigenvalue weighted by molar-refractivity contribution is 5.38. The SMILES string of the molecule is COc1ccc(C)cc1CC(NN)c1ccnnc1. The fraction of sp³-hybridized carbons (Fsp3) is 0.286. The Hall–Kier alpha value is -1.98. The molecule has 0 fully saturated rings. The molecular formula is C14H18N4O. The number of aryl methyl sites for hydroxylation is 1. The molecule has 1 heterocycles. The van der Waals surface area contributed by atoms with Gasteiger partial charge in [0.2, 0.25) is 0 Å². The van der Waals surface area contributed by atoms with E-state index in [1.807, 2.05) is 18.2 Å². The van der Waals surface area contributed by atoms with Crippen LogP contribution >= 0.6 is 0 Å². The van der Waals surface area contributed by atoms with Crippen molar-refractivity contribution in [1.82, 2.24) is 15.6 Å². The molecule has 0 aliphatic rings. The van der Waals surface area contributed by atoms with Gasteiger partial charge in [-0.3, -0.25) is 11.3 Å². The number of methoxy groups -OCH3 is 1. The molecule has 0 saturated heterocycles. The third-order valence-corrected chi connectivity index (χ3v) is 3.07. The molecule has 3 N–H and O–H groups in total. The molecule has 1 unspecified atom stereocenters. The molecule has 1 atom stereocenters. The standard InChI is InChI=1S/C14H18N4O/c1-10-3-4-14(19-2)12(7-10)8-13(18-15)11-5-6-16-17-9-11/h3-7,9,13,18H,8,15H2,1-2H3. The summed E-state index contributed by atoms with van der Waals surface area (Å²) in [5.41, 5.74) is 6.12. The van der Waals surface area contributed by atoms with Crippen molar-refractivity contribution in [2.75, 3.05) is 7.11 Å². The van der Waals surface area contributed by atoms with Crippen molar-refractivity contribution in [2.45, 2.75) is 19.4 Å². The highest BCUT2D eigenvalue weighted by Crippen LogP contribution is 2.25. The summed E-state index contributed by atoms with van der Waals surface area (Å²) in [6.45, 7) is 2.06. The summed E-state index contributed by atoms with van der Waals surface area (Å²) < 4.78 is 5.39. The molecule has 19 heavy (non-hydrogen) atoms. The Bertz CT molecular complexity index is 530. The van der Waals surface area contributed by atoms with Crippen LogP contribution in [0.1, 0.15) is 22.7 Å². The van der Waals surface area contributed by atoms with Gasteiger partial charge in [0.1, 0.15) is 5.75 Å². The van der Waals surface area contributed by atoms with Crippen LogP contribution in [0.25, 0.3) is 0 Å². The molecule has 0 amide bonds. The molecule has 0 aliphatic heterocycles. The molecular weight excluding hydrogens is 240 g/mol. The van der Waals surface area contributed by atoms with E-state index in [0.717, 1.165) is 23.3 Å². The van der Waals surface area contributed by atoms with Gasteiger partial charge in [0, 0.05) is 6.20 Å². The van der Waals surface area contributed by atoms with Crippen molar-refractivity contribution >= 4 is 0 Å². The van der Waals surface area contributed by atoms with E-state index in [1.165, 1.54) is 5.56 Å². The molecule has 2 rings (SSSR count). The molecule has 2 aromatic rings. The topological polar surface area (TPSA) is 73.1 Å². The first-order chi connectivity index (χ1) is 9.24. The maximum absolute atomic E-state index is 5.64. The zero-order valence-corrected chi connectivity index (χ0v) is 11.1. The Morgan fingerprint density at radius 1 is 1.32 bits per heavy atom. The van der Waals surface area contributed by atoms with E-state index in [4.69, 9.17) is 10.6 Å². The van der Waals surface area contributed by atoms with Gasteiger partial charge in [0.05, 0.1) is 19.3 Å². The zero-order valence-electron chi connectivity index (χ0n) is 11.1. The molecule has 1 aromatic carbocycles. The summed E-state index contributed by atoms with van der Waals surface area (Å²) in [7, 11) is 1.67. The van der Waals surface area contributed by atoms with Crippen LogP contribution < -0.4 is 16.0 Å².